The largest absolute Gasteiger partial charge is 0.465 e. The highest BCUT2D eigenvalue weighted by Gasteiger charge is 2.07. The second kappa shape index (κ2) is 10.2. The highest BCUT2D eigenvalue weighted by Crippen LogP contribution is 2.28. The van der Waals surface area contributed by atoms with Gasteiger partial charge >= 0.3 is 5.97 Å². The third-order valence-corrected chi connectivity index (χ3v) is 4.42. The van der Waals surface area contributed by atoms with Crippen LogP contribution in [0, 0.1) is 0 Å². The second-order valence-electron chi connectivity index (χ2n) is 4.03. The minimum absolute atomic E-state index is 0.185. The van der Waals surface area contributed by atoms with E-state index in [9.17, 15) is 4.79 Å². The van der Waals surface area contributed by atoms with Crippen molar-refractivity contribution in [2.24, 2.45) is 0 Å². The number of rotatable bonds is 9. The lowest BCUT2D eigenvalue weighted by Crippen LogP contribution is -2.18. The predicted octanol–water partition coefficient (Wildman–Crippen LogP) is 2.84. The summed E-state index contributed by atoms with van der Waals surface area (Å²) in [6.45, 7) is 4.56. The van der Waals surface area contributed by atoms with E-state index in [2.05, 4.69) is 33.4 Å². The lowest BCUT2D eigenvalue weighted by molar-refractivity contribution is -0.139. The summed E-state index contributed by atoms with van der Waals surface area (Å²) in [5.74, 6) is 0.146. The Morgan fingerprint density at radius 3 is 2.90 bits per heavy atom. The van der Waals surface area contributed by atoms with Gasteiger partial charge in [0.05, 0.1) is 19.0 Å². The van der Waals surface area contributed by atoms with Gasteiger partial charge in [0, 0.05) is 29.6 Å². The molecule has 0 amide bonds. The van der Waals surface area contributed by atoms with Crippen LogP contribution in [0.4, 0.5) is 0 Å². The van der Waals surface area contributed by atoms with Gasteiger partial charge in [-0.1, -0.05) is 6.07 Å². The molecule has 0 atom stereocenters. The van der Waals surface area contributed by atoms with Gasteiger partial charge < -0.3 is 14.8 Å². The van der Waals surface area contributed by atoms with E-state index in [1.54, 1.807) is 7.11 Å². The van der Waals surface area contributed by atoms with Crippen molar-refractivity contribution in [1.82, 2.24) is 5.32 Å². The molecule has 6 heteroatoms. The van der Waals surface area contributed by atoms with Crippen molar-refractivity contribution in [1.29, 1.82) is 0 Å². The molecule has 1 aromatic carbocycles. The molecular formula is C14H20BrNO3S. The number of thioether (sulfide) groups is 1. The van der Waals surface area contributed by atoms with Crippen LogP contribution in [0.5, 0.6) is 0 Å². The molecule has 20 heavy (non-hydrogen) atoms. The standard InChI is InChI=1S/C14H20BrNO3S/c1-3-19-14(17)10-20-13-5-4-11(8-12(13)15)9-16-6-7-18-2/h4-5,8,16H,3,6-7,9-10H2,1-2H3. The summed E-state index contributed by atoms with van der Waals surface area (Å²) in [7, 11) is 1.69. The van der Waals surface area contributed by atoms with E-state index in [0.29, 0.717) is 19.0 Å². The average Bonchev–Trinajstić information content (AvgIpc) is 2.43. The number of halogens is 1. The molecule has 4 nitrogen and oxygen atoms in total. The summed E-state index contributed by atoms with van der Waals surface area (Å²) in [5.41, 5.74) is 1.19. The van der Waals surface area contributed by atoms with Crippen LogP contribution in [-0.2, 0) is 20.8 Å². The van der Waals surface area contributed by atoms with Crippen molar-refractivity contribution in [2.45, 2.75) is 18.4 Å². The van der Waals surface area contributed by atoms with Crippen molar-refractivity contribution < 1.29 is 14.3 Å². The van der Waals surface area contributed by atoms with Crippen molar-refractivity contribution in [3.63, 3.8) is 0 Å². The molecule has 1 rings (SSSR count). The molecule has 0 saturated carbocycles. The molecule has 0 fully saturated rings. The van der Waals surface area contributed by atoms with Gasteiger partial charge in [-0.25, -0.2) is 0 Å². The van der Waals surface area contributed by atoms with E-state index in [-0.39, 0.29) is 5.97 Å². The minimum Gasteiger partial charge on any atom is -0.465 e. The van der Waals surface area contributed by atoms with Gasteiger partial charge in [0.25, 0.3) is 0 Å². The molecule has 112 valence electrons. The Kier molecular flexibility index (Phi) is 8.93. The number of hydrogen-bond acceptors (Lipinski definition) is 5. The summed E-state index contributed by atoms with van der Waals surface area (Å²) >= 11 is 5.01. The Labute approximate surface area is 132 Å². The fourth-order valence-electron chi connectivity index (χ4n) is 1.52. The monoisotopic (exact) mass is 361 g/mol. The molecule has 0 bridgehead atoms. The first-order chi connectivity index (χ1) is 9.67. The van der Waals surface area contributed by atoms with Crippen LogP contribution in [0.15, 0.2) is 27.6 Å². The molecule has 0 spiro atoms. The maximum Gasteiger partial charge on any atom is 0.316 e. The number of ether oxygens (including phenoxy) is 2. The highest BCUT2D eigenvalue weighted by molar-refractivity contribution is 9.10. The Morgan fingerprint density at radius 1 is 1.45 bits per heavy atom. The van der Waals surface area contributed by atoms with Crippen LogP contribution in [0.25, 0.3) is 0 Å². The Morgan fingerprint density at radius 2 is 2.25 bits per heavy atom. The first-order valence-corrected chi connectivity index (χ1v) is 8.21. The lowest BCUT2D eigenvalue weighted by atomic mass is 10.2. The van der Waals surface area contributed by atoms with E-state index >= 15 is 0 Å². The molecule has 0 aliphatic carbocycles. The zero-order chi connectivity index (χ0) is 14.8. The van der Waals surface area contributed by atoms with Crippen LogP contribution in [0.2, 0.25) is 0 Å². The van der Waals surface area contributed by atoms with Crippen LogP contribution in [0.1, 0.15) is 12.5 Å². The molecule has 1 N–H and O–H groups in total. The smallest absolute Gasteiger partial charge is 0.316 e. The molecule has 0 unspecified atom stereocenters. The van der Waals surface area contributed by atoms with E-state index in [1.165, 1.54) is 17.3 Å². The summed E-state index contributed by atoms with van der Waals surface area (Å²) in [5, 5.41) is 3.29. The third kappa shape index (κ3) is 6.74. The third-order valence-electron chi connectivity index (χ3n) is 2.46. The molecule has 1 aromatic rings. The molecular weight excluding hydrogens is 342 g/mol. The summed E-state index contributed by atoms with van der Waals surface area (Å²) < 4.78 is 10.9. The SMILES string of the molecule is CCOC(=O)CSc1ccc(CNCCOC)cc1Br. The highest BCUT2D eigenvalue weighted by atomic mass is 79.9. The number of carbonyl (C=O) groups is 1. The fraction of sp³-hybridized carbons (Fsp3) is 0.500. The normalized spacial score (nSPS) is 10.6. The number of carbonyl (C=O) groups excluding carboxylic acids is 1. The zero-order valence-electron chi connectivity index (χ0n) is 11.8. The van der Waals surface area contributed by atoms with Crippen molar-refractivity contribution in [2.75, 3.05) is 32.6 Å². The van der Waals surface area contributed by atoms with Crippen LogP contribution in [-0.4, -0.2) is 38.6 Å². The zero-order valence-corrected chi connectivity index (χ0v) is 14.2. The van der Waals surface area contributed by atoms with Crippen molar-refractivity contribution in [3.05, 3.63) is 28.2 Å². The molecule has 0 aromatic heterocycles. The number of benzene rings is 1. The van der Waals surface area contributed by atoms with Crippen LogP contribution < -0.4 is 5.32 Å². The maximum absolute atomic E-state index is 11.3. The minimum atomic E-state index is -0.185. The predicted molar refractivity (Wildman–Crippen MR) is 85.1 cm³/mol. The topological polar surface area (TPSA) is 47.6 Å². The summed E-state index contributed by atoms with van der Waals surface area (Å²) in [4.78, 5) is 12.4. The first-order valence-electron chi connectivity index (χ1n) is 6.43. The number of esters is 1. The van der Waals surface area contributed by atoms with E-state index in [1.807, 2.05) is 13.0 Å². The number of hydrogen-bond donors (Lipinski definition) is 1. The van der Waals surface area contributed by atoms with Gasteiger partial charge in [0.1, 0.15) is 0 Å². The second-order valence-corrected chi connectivity index (χ2v) is 5.90. The van der Waals surface area contributed by atoms with Crippen molar-refractivity contribution in [3.8, 4) is 0 Å². The van der Waals surface area contributed by atoms with E-state index in [0.717, 1.165) is 22.5 Å². The van der Waals surface area contributed by atoms with Gasteiger partial charge in [-0.2, -0.15) is 0 Å². The van der Waals surface area contributed by atoms with Crippen LogP contribution >= 0.6 is 27.7 Å². The number of methoxy groups -OCH3 is 1. The Bertz CT molecular complexity index is 429. The molecule has 0 heterocycles. The van der Waals surface area contributed by atoms with Gasteiger partial charge in [-0.15, -0.1) is 11.8 Å². The van der Waals surface area contributed by atoms with E-state index in [4.69, 9.17) is 9.47 Å². The molecule has 0 aliphatic heterocycles. The summed E-state index contributed by atoms with van der Waals surface area (Å²) in [6.07, 6.45) is 0. The van der Waals surface area contributed by atoms with E-state index < -0.39 is 0 Å². The molecule has 0 radical (unpaired) electrons. The molecule has 0 saturated heterocycles. The fourth-order valence-corrected chi connectivity index (χ4v) is 3.00. The van der Waals surface area contributed by atoms with Crippen LogP contribution in [0.3, 0.4) is 0 Å². The Hall–Kier alpha value is -0.560. The Balaban J connectivity index is 2.44. The summed E-state index contributed by atoms with van der Waals surface area (Å²) in [6, 6.07) is 6.13. The lowest BCUT2D eigenvalue weighted by Gasteiger charge is -2.08. The van der Waals surface area contributed by atoms with Crippen molar-refractivity contribution >= 4 is 33.7 Å². The van der Waals surface area contributed by atoms with Gasteiger partial charge in [0.2, 0.25) is 0 Å². The quantitative estimate of drug-likeness (QED) is 0.416. The van der Waals surface area contributed by atoms with Gasteiger partial charge in [-0.05, 0) is 40.5 Å². The van der Waals surface area contributed by atoms with Gasteiger partial charge in [-0.3, -0.25) is 4.79 Å². The molecule has 0 aliphatic rings. The average molecular weight is 362 g/mol. The van der Waals surface area contributed by atoms with Gasteiger partial charge in [0.15, 0.2) is 0 Å². The first kappa shape index (κ1) is 17.5. The maximum atomic E-state index is 11.3. The number of nitrogens with one attached hydrogen (secondary N) is 1.